The van der Waals surface area contributed by atoms with Gasteiger partial charge in [-0.3, -0.25) is 0 Å². The first kappa shape index (κ1) is 23.7. The minimum absolute atomic E-state index is 0.0292. The summed E-state index contributed by atoms with van der Waals surface area (Å²) >= 11 is 1.17. The smallest absolute Gasteiger partial charge is 0.335 e. The molecule has 0 saturated heterocycles. The lowest BCUT2D eigenvalue weighted by molar-refractivity contribution is 0.0696. The third-order valence-corrected chi connectivity index (χ3v) is 8.74. The lowest BCUT2D eigenvalue weighted by Crippen LogP contribution is -2.11. The van der Waals surface area contributed by atoms with Crippen molar-refractivity contribution in [3.05, 3.63) is 70.1 Å². The van der Waals surface area contributed by atoms with Crippen molar-refractivity contribution in [2.24, 2.45) is 0 Å². The molecule has 0 atom stereocenters. The van der Waals surface area contributed by atoms with Gasteiger partial charge in [0.25, 0.3) is 0 Å². The maximum Gasteiger partial charge on any atom is 0.335 e. The maximum atomic E-state index is 13.4. The molecule has 0 aliphatic carbocycles. The van der Waals surface area contributed by atoms with Gasteiger partial charge in [-0.2, -0.15) is 5.26 Å². The lowest BCUT2D eigenvalue weighted by atomic mass is 10.1. The first-order chi connectivity index (χ1) is 15.0. The van der Waals surface area contributed by atoms with E-state index in [1.165, 1.54) is 41.7 Å². The SMILES string of the molecule is CCc1ccc(C(=O)O)cc1S(=O)(=O)Cc1cc(S(C)(=O)=O)ccc1-c1ccc(C#N)s1. The van der Waals surface area contributed by atoms with Crippen molar-refractivity contribution in [1.82, 2.24) is 0 Å². The third kappa shape index (κ3) is 4.91. The predicted molar refractivity (Wildman–Crippen MR) is 121 cm³/mol. The van der Waals surface area contributed by atoms with Crippen molar-refractivity contribution in [1.29, 1.82) is 5.26 Å². The van der Waals surface area contributed by atoms with Crippen LogP contribution in [0.4, 0.5) is 0 Å². The largest absolute Gasteiger partial charge is 0.478 e. The molecule has 0 unspecified atom stereocenters. The van der Waals surface area contributed by atoms with E-state index < -0.39 is 31.4 Å². The van der Waals surface area contributed by atoms with E-state index in [0.29, 0.717) is 27.3 Å². The molecule has 0 fully saturated rings. The Balaban J connectivity index is 2.19. The van der Waals surface area contributed by atoms with Gasteiger partial charge in [0.15, 0.2) is 19.7 Å². The van der Waals surface area contributed by atoms with E-state index in [1.54, 1.807) is 19.1 Å². The average Bonchev–Trinajstić information content (AvgIpc) is 3.21. The van der Waals surface area contributed by atoms with Gasteiger partial charge in [0, 0.05) is 11.1 Å². The number of sulfone groups is 2. The number of hydrogen-bond acceptors (Lipinski definition) is 7. The Morgan fingerprint density at radius 3 is 2.31 bits per heavy atom. The van der Waals surface area contributed by atoms with Crippen molar-refractivity contribution in [3.63, 3.8) is 0 Å². The number of hydrogen-bond donors (Lipinski definition) is 1. The van der Waals surface area contributed by atoms with Crippen molar-refractivity contribution in [3.8, 4) is 16.5 Å². The monoisotopic (exact) mass is 489 g/mol. The highest BCUT2D eigenvalue weighted by atomic mass is 32.2. The predicted octanol–water partition coefficient (Wildman–Crippen LogP) is 3.92. The normalized spacial score (nSPS) is 11.8. The fourth-order valence-electron chi connectivity index (χ4n) is 3.25. The molecule has 1 aromatic heterocycles. The van der Waals surface area contributed by atoms with E-state index in [0.717, 1.165) is 12.3 Å². The van der Waals surface area contributed by atoms with Crippen LogP contribution >= 0.6 is 11.3 Å². The van der Waals surface area contributed by atoms with Gasteiger partial charge in [0.1, 0.15) is 10.9 Å². The zero-order valence-corrected chi connectivity index (χ0v) is 19.6. The van der Waals surface area contributed by atoms with Crippen LogP contribution in [0.5, 0.6) is 0 Å². The minimum atomic E-state index is -4.02. The van der Waals surface area contributed by atoms with E-state index in [2.05, 4.69) is 0 Å². The molecule has 0 radical (unpaired) electrons. The number of aromatic carboxylic acids is 1. The summed E-state index contributed by atoms with van der Waals surface area (Å²) in [5.74, 6) is -1.77. The minimum Gasteiger partial charge on any atom is -0.478 e. The van der Waals surface area contributed by atoms with E-state index >= 15 is 0 Å². The fraction of sp³-hybridized carbons (Fsp3) is 0.182. The molecule has 0 aliphatic heterocycles. The van der Waals surface area contributed by atoms with E-state index in [-0.39, 0.29) is 20.9 Å². The first-order valence-corrected chi connectivity index (χ1v) is 13.7. The zero-order chi connectivity index (χ0) is 23.7. The molecule has 0 spiro atoms. The van der Waals surface area contributed by atoms with Crippen LogP contribution in [0.1, 0.15) is 33.3 Å². The summed E-state index contributed by atoms with van der Waals surface area (Å²) < 4.78 is 50.9. The second-order valence-electron chi connectivity index (χ2n) is 7.11. The molecule has 10 heteroatoms. The Labute approximate surface area is 190 Å². The number of thiophene rings is 1. The number of benzene rings is 2. The summed E-state index contributed by atoms with van der Waals surface area (Å²) in [6.45, 7) is 1.76. The summed E-state index contributed by atoms with van der Waals surface area (Å²) in [5, 5.41) is 18.4. The van der Waals surface area contributed by atoms with Crippen LogP contribution in [0.3, 0.4) is 0 Å². The number of aryl methyl sites for hydroxylation is 1. The first-order valence-electron chi connectivity index (χ1n) is 9.38. The number of nitrogens with zero attached hydrogens (tertiary/aromatic N) is 1. The van der Waals surface area contributed by atoms with Gasteiger partial charge < -0.3 is 5.11 Å². The van der Waals surface area contributed by atoms with Crippen LogP contribution < -0.4 is 0 Å². The second kappa shape index (κ2) is 8.86. The van der Waals surface area contributed by atoms with Gasteiger partial charge in [0.2, 0.25) is 0 Å². The molecule has 7 nitrogen and oxygen atoms in total. The fourth-order valence-corrected chi connectivity index (χ4v) is 6.51. The molecule has 1 heterocycles. The summed E-state index contributed by atoms with van der Waals surface area (Å²) in [6.07, 6.45) is 1.41. The molecule has 3 aromatic rings. The van der Waals surface area contributed by atoms with Crippen molar-refractivity contribution >= 4 is 37.0 Å². The Morgan fingerprint density at radius 2 is 1.75 bits per heavy atom. The number of rotatable bonds is 7. The van der Waals surface area contributed by atoms with E-state index in [9.17, 15) is 26.7 Å². The molecular formula is C22H19NO6S3. The topological polar surface area (TPSA) is 129 Å². The Kier molecular flexibility index (Phi) is 6.55. The highest BCUT2D eigenvalue weighted by Gasteiger charge is 2.24. The van der Waals surface area contributed by atoms with E-state index in [4.69, 9.17) is 5.26 Å². The van der Waals surface area contributed by atoms with Crippen LogP contribution in [0, 0.1) is 11.3 Å². The summed E-state index contributed by atoms with van der Waals surface area (Å²) in [4.78, 5) is 12.3. The van der Waals surface area contributed by atoms with Gasteiger partial charge in [-0.15, -0.1) is 11.3 Å². The molecule has 0 bridgehead atoms. The quantitative estimate of drug-likeness (QED) is 0.532. The molecule has 32 heavy (non-hydrogen) atoms. The molecule has 0 amide bonds. The molecule has 0 aliphatic rings. The third-order valence-electron chi connectivity index (χ3n) is 4.86. The Bertz CT molecular complexity index is 1460. The molecule has 0 saturated carbocycles. The standard InChI is InChI=1S/C22H19NO6S3/c1-3-14-4-5-15(22(24)25)11-21(14)32(28,29)13-16-10-18(31(2,26)27)7-8-19(16)20-9-6-17(12-23)30-20/h4-11H,3,13H2,1-2H3,(H,24,25). The molecule has 3 rings (SSSR count). The van der Waals surface area contributed by atoms with Crippen LogP contribution in [0.25, 0.3) is 10.4 Å². The number of nitriles is 1. The van der Waals surface area contributed by atoms with E-state index in [1.807, 2.05) is 6.07 Å². The molecule has 1 N–H and O–H groups in total. The van der Waals surface area contributed by atoms with Crippen LogP contribution in [0.15, 0.2) is 58.3 Å². The highest BCUT2D eigenvalue weighted by Crippen LogP contribution is 2.34. The van der Waals surface area contributed by atoms with Crippen LogP contribution in [-0.2, 0) is 31.8 Å². The average molecular weight is 490 g/mol. The van der Waals surface area contributed by atoms with Crippen LogP contribution in [0.2, 0.25) is 0 Å². The molecule has 166 valence electrons. The summed E-state index contributed by atoms with van der Waals surface area (Å²) in [7, 11) is -7.62. The van der Waals surface area contributed by atoms with Crippen molar-refractivity contribution in [2.75, 3.05) is 6.26 Å². The zero-order valence-electron chi connectivity index (χ0n) is 17.2. The Hall–Kier alpha value is -3.00. The van der Waals surface area contributed by atoms with Gasteiger partial charge >= 0.3 is 5.97 Å². The van der Waals surface area contributed by atoms with Gasteiger partial charge in [-0.25, -0.2) is 21.6 Å². The molecule has 2 aromatic carbocycles. The van der Waals surface area contributed by atoms with Crippen molar-refractivity contribution in [2.45, 2.75) is 28.9 Å². The maximum absolute atomic E-state index is 13.4. The van der Waals surface area contributed by atoms with Gasteiger partial charge in [-0.05, 0) is 59.5 Å². The Morgan fingerprint density at radius 1 is 1.03 bits per heavy atom. The van der Waals surface area contributed by atoms with Crippen LogP contribution in [-0.4, -0.2) is 34.2 Å². The van der Waals surface area contributed by atoms with Gasteiger partial charge in [-0.1, -0.05) is 19.1 Å². The number of carboxylic acid groups (broad SMARTS) is 1. The number of carbonyl (C=O) groups is 1. The number of carboxylic acids is 1. The molecular weight excluding hydrogens is 470 g/mol. The summed E-state index contributed by atoms with van der Waals surface area (Å²) in [6, 6.07) is 13.5. The summed E-state index contributed by atoms with van der Waals surface area (Å²) in [5.41, 5.74) is 1.07. The second-order valence-corrected chi connectivity index (χ2v) is 12.2. The highest BCUT2D eigenvalue weighted by molar-refractivity contribution is 7.91. The van der Waals surface area contributed by atoms with Crippen molar-refractivity contribution < 1.29 is 26.7 Å². The lowest BCUT2D eigenvalue weighted by Gasteiger charge is -2.14. The van der Waals surface area contributed by atoms with Gasteiger partial charge in [0.05, 0.1) is 21.1 Å².